The Morgan fingerprint density at radius 1 is 1.24 bits per heavy atom. The van der Waals surface area contributed by atoms with Gasteiger partial charge in [-0.1, -0.05) is 6.07 Å². The summed E-state index contributed by atoms with van der Waals surface area (Å²) in [6.07, 6.45) is 4.88. The van der Waals surface area contributed by atoms with Crippen LogP contribution in [-0.2, 0) is 11.3 Å². The molecule has 0 aromatic carbocycles. The Morgan fingerprint density at radius 3 is 2.90 bits per heavy atom. The lowest BCUT2D eigenvalue weighted by Gasteiger charge is -2.27. The number of hydrogen-bond donors (Lipinski definition) is 0. The van der Waals surface area contributed by atoms with Gasteiger partial charge in [0.25, 0.3) is 5.91 Å². The number of pyridine rings is 1. The van der Waals surface area contributed by atoms with E-state index in [1.165, 1.54) is 10.4 Å². The number of likely N-dealkylation sites (tertiary alicyclic amines) is 1. The number of aromatic nitrogens is 2. The standard InChI is InChI=1S/C21H24N4O2S2/c1-14-23-11-16(28-14)13-24-6-4-15(12-24)18-17-3-2-5-22-20(17)29-19(18)21(26)25-7-9-27-10-8-25/h2-3,5,11,15H,4,6-10,12-13H2,1H3. The van der Waals surface area contributed by atoms with Crippen LogP contribution in [-0.4, -0.2) is 65.1 Å². The smallest absolute Gasteiger partial charge is 0.264 e. The lowest BCUT2D eigenvalue weighted by atomic mass is 9.95. The highest BCUT2D eigenvalue weighted by Gasteiger charge is 2.33. The van der Waals surface area contributed by atoms with Gasteiger partial charge in [0, 0.05) is 54.8 Å². The molecule has 2 aliphatic heterocycles. The van der Waals surface area contributed by atoms with E-state index in [4.69, 9.17) is 4.74 Å². The van der Waals surface area contributed by atoms with Gasteiger partial charge in [0.05, 0.1) is 23.1 Å². The second-order valence-corrected chi connectivity index (χ2v) is 9.99. The van der Waals surface area contributed by atoms with Crippen LogP contribution in [0.3, 0.4) is 0 Å². The number of thiazole rings is 1. The van der Waals surface area contributed by atoms with Gasteiger partial charge in [-0.15, -0.1) is 22.7 Å². The van der Waals surface area contributed by atoms with Crippen LogP contribution in [0.2, 0.25) is 0 Å². The zero-order valence-corrected chi connectivity index (χ0v) is 18.1. The second-order valence-electron chi connectivity index (χ2n) is 7.67. The highest BCUT2D eigenvalue weighted by Crippen LogP contribution is 2.40. The Kier molecular flexibility index (Phi) is 5.34. The van der Waals surface area contributed by atoms with Gasteiger partial charge < -0.3 is 9.64 Å². The first kappa shape index (κ1) is 19.1. The summed E-state index contributed by atoms with van der Waals surface area (Å²) in [6.45, 7) is 7.59. The average Bonchev–Trinajstić information content (AvgIpc) is 3.46. The summed E-state index contributed by atoms with van der Waals surface area (Å²) in [4.78, 5) is 29.9. The fourth-order valence-electron chi connectivity index (χ4n) is 4.34. The number of amides is 1. The Morgan fingerprint density at radius 2 is 2.10 bits per heavy atom. The van der Waals surface area contributed by atoms with Crippen molar-refractivity contribution in [2.75, 3.05) is 39.4 Å². The van der Waals surface area contributed by atoms with Crippen molar-refractivity contribution < 1.29 is 9.53 Å². The quantitative estimate of drug-likeness (QED) is 0.636. The van der Waals surface area contributed by atoms with Crippen LogP contribution in [0.25, 0.3) is 10.2 Å². The third-order valence-electron chi connectivity index (χ3n) is 5.73. The van der Waals surface area contributed by atoms with Crippen LogP contribution in [0.5, 0.6) is 0 Å². The third kappa shape index (κ3) is 3.82. The number of thiophene rings is 1. The largest absolute Gasteiger partial charge is 0.378 e. The van der Waals surface area contributed by atoms with E-state index in [-0.39, 0.29) is 5.91 Å². The Bertz CT molecular complexity index is 1020. The van der Waals surface area contributed by atoms with Crippen molar-refractivity contribution in [2.24, 2.45) is 0 Å². The first-order valence-corrected chi connectivity index (χ1v) is 11.7. The van der Waals surface area contributed by atoms with Crippen LogP contribution in [0.15, 0.2) is 24.5 Å². The molecule has 6 nitrogen and oxygen atoms in total. The molecule has 0 radical (unpaired) electrons. The normalized spacial score (nSPS) is 20.6. The number of carbonyl (C=O) groups excluding carboxylic acids is 1. The Labute approximate surface area is 178 Å². The van der Waals surface area contributed by atoms with Gasteiger partial charge in [-0.25, -0.2) is 9.97 Å². The summed E-state index contributed by atoms with van der Waals surface area (Å²) in [6, 6.07) is 4.10. The fraction of sp³-hybridized carbons (Fsp3) is 0.476. The van der Waals surface area contributed by atoms with E-state index in [0.29, 0.717) is 32.2 Å². The monoisotopic (exact) mass is 428 g/mol. The van der Waals surface area contributed by atoms with Crippen LogP contribution in [0, 0.1) is 6.92 Å². The summed E-state index contributed by atoms with van der Waals surface area (Å²) >= 11 is 3.32. The van der Waals surface area contributed by atoms with Gasteiger partial charge in [-0.3, -0.25) is 9.69 Å². The molecule has 2 aliphatic rings. The molecule has 29 heavy (non-hydrogen) atoms. The van der Waals surface area contributed by atoms with E-state index in [1.54, 1.807) is 22.7 Å². The van der Waals surface area contributed by atoms with Crippen LogP contribution < -0.4 is 0 Å². The van der Waals surface area contributed by atoms with E-state index in [9.17, 15) is 4.79 Å². The summed E-state index contributed by atoms with van der Waals surface area (Å²) in [5.74, 6) is 0.504. The molecule has 3 aromatic rings. The van der Waals surface area contributed by atoms with Gasteiger partial charge in [0.15, 0.2) is 0 Å². The maximum atomic E-state index is 13.4. The number of morpholine rings is 1. The van der Waals surface area contributed by atoms with Gasteiger partial charge in [-0.05, 0) is 31.5 Å². The van der Waals surface area contributed by atoms with Crippen molar-refractivity contribution in [3.05, 3.63) is 44.9 Å². The molecule has 2 saturated heterocycles. The molecule has 1 atom stereocenters. The molecule has 0 saturated carbocycles. The summed E-state index contributed by atoms with van der Waals surface area (Å²) < 4.78 is 5.43. The third-order valence-corrected chi connectivity index (χ3v) is 7.74. The maximum absolute atomic E-state index is 13.4. The van der Waals surface area contributed by atoms with Crippen molar-refractivity contribution in [1.29, 1.82) is 0 Å². The zero-order valence-electron chi connectivity index (χ0n) is 16.5. The van der Waals surface area contributed by atoms with Gasteiger partial charge in [-0.2, -0.15) is 0 Å². The molecule has 2 fully saturated rings. The van der Waals surface area contributed by atoms with E-state index in [2.05, 4.69) is 27.9 Å². The number of hydrogen-bond acceptors (Lipinski definition) is 7. The van der Waals surface area contributed by atoms with E-state index < -0.39 is 0 Å². The minimum Gasteiger partial charge on any atom is -0.378 e. The SMILES string of the molecule is Cc1ncc(CN2CCC(c3c(C(=O)N4CCOCC4)sc4ncccc34)C2)s1. The van der Waals surface area contributed by atoms with Crippen molar-refractivity contribution in [1.82, 2.24) is 19.8 Å². The van der Waals surface area contributed by atoms with Crippen LogP contribution >= 0.6 is 22.7 Å². The summed E-state index contributed by atoms with van der Waals surface area (Å²) in [7, 11) is 0. The highest BCUT2D eigenvalue weighted by molar-refractivity contribution is 7.20. The van der Waals surface area contributed by atoms with E-state index in [1.807, 2.05) is 23.4 Å². The minimum absolute atomic E-state index is 0.142. The fourth-order valence-corrected chi connectivity index (χ4v) is 6.37. The van der Waals surface area contributed by atoms with Gasteiger partial charge in [0.2, 0.25) is 0 Å². The molecular formula is C21H24N4O2S2. The minimum atomic E-state index is 0.142. The molecule has 8 heteroatoms. The Hall–Kier alpha value is -1.87. The van der Waals surface area contributed by atoms with E-state index >= 15 is 0 Å². The summed E-state index contributed by atoms with van der Waals surface area (Å²) in [5.41, 5.74) is 1.21. The van der Waals surface area contributed by atoms with Crippen LogP contribution in [0.1, 0.15) is 37.5 Å². The molecule has 1 unspecified atom stereocenters. The van der Waals surface area contributed by atoms with Gasteiger partial charge >= 0.3 is 0 Å². The molecule has 5 heterocycles. The molecule has 0 N–H and O–H groups in total. The average molecular weight is 429 g/mol. The number of rotatable bonds is 4. The van der Waals surface area contributed by atoms with E-state index in [0.717, 1.165) is 46.2 Å². The topological polar surface area (TPSA) is 58.6 Å². The number of ether oxygens (including phenoxy) is 1. The molecule has 0 aliphatic carbocycles. The van der Waals surface area contributed by atoms with Crippen molar-refractivity contribution in [3.63, 3.8) is 0 Å². The first-order chi connectivity index (χ1) is 14.2. The number of aryl methyl sites for hydroxylation is 1. The first-order valence-electron chi connectivity index (χ1n) is 10.1. The van der Waals surface area contributed by atoms with Crippen molar-refractivity contribution in [2.45, 2.75) is 25.8 Å². The molecule has 3 aromatic heterocycles. The van der Waals surface area contributed by atoms with Gasteiger partial charge in [0.1, 0.15) is 4.83 Å². The lowest BCUT2D eigenvalue weighted by Crippen LogP contribution is -2.40. The highest BCUT2D eigenvalue weighted by atomic mass is 32.1. The second kappa shape index (κ2) is 8.10. The summed E-state index contributed by atoms with van der Waals surface area (Å²) in [5, 5.41) is 2.26. The molecule has 0 bridgehead atoms. The van der Waals surface area contributed by atoms with Crippen LogP contribution in [0.4, 0.5) is 0 Å². The van der Waals surface area contributed by atoms with Crippen molar-refractivity contribution in [3.8, 4) is 0 Å². The predicted molar refractivity (Wildman–Crippen MR) is 116 cm³/mol. The Balaban J connectivity index is 1.43. The molecule has 152 valence electrons. The molecule has 1 amide bonds. The zero-order chi connectivity index (χ0) is 19.8. The van der Waals surface area contributed by atoms with Crippen molar-refractivity contribution >= 4 is 38.8 Å². The predicted octanol–water partition coefficient (Wildman–Crippen LogP) is 3.52. The molecular weight excluding hydrogens is 404 g/mol. The lowest BCUT2D eigenvalue weighted by molar-refractivity contribution is 0.0305. The maximum Gasteiger partial charge on any atom is 0.264 e. The number of nitrogens with zero attached hydrogens (tertiary/aromatic N) is 4. The number of fused-ring (bicyclic) bond motifs is 1. The number of carbonyl (C=O) groups is 1. The molecule has 5 rings (SSSR count). The molecule has 0 spiro atoms.